The Bertz CT molecular complexity index is 563. The van der Waals surface area contributed by atoms with Crippen LogP contribution in [0.3, 0.4) is 0 Å². The number of hydrogen-bond acceptors (Lipinski definition) is 7. The van der Waals surface area contributed by atoms with Crippen molar-refractivity contribution in [3.05, 3.63) is 23.1 Å². The van der Waals surface area contributed by atoms with Gasteiger partial charge in [0.2, 0.25) is 5.13 Å². The van der Waals surface area contributed by atoms with E-state index in [2.05, 4.69) is 37.3 Å². The number of rotatable bonds is 4. The molecule has 3 rings (SSSR count). The quantitative estimate of drug-likeness (QED) is 0.913. The molecule has 1 aliphatic rings. The fourth-order valence-electron chi connectivity index (χ4n) is 2.02. The third kappa shape index (κ3) is 2.65. The van der Waals surface area contributed by atoms with Crippen molar-refractivity contribution in [1.29, 1.82) is 0 Å². The standard InChI is InChI=1S/C12H16N6S/c1-3-9-4-11(14-7-13-9)15-10-5-18(6-10)12-17-16-8(2)19-12/h4,7,10H,3,5-6H2,1-2H3,(H,13,14,15). The van der Waals surface area contributed by atoms with Gasteiger partial charge in [-0.2, -0.15) is 0 Å². The molecule has 3 heterocycles. The third-order valence-electron chi connectivity index (χ3n) is 3.11. The minimum atomic E-state index is 0.420. The summed E-state index contributed by atoms with van der Waals surface area (Å²) in [5.41, 5.74) is 1.06. The van der Waals surface area contributed by atoms with Crippen LogP contribution in [-0.2, 0) is 6.42 Å². The summed E-state index contributed by atoms with van der Waals surface area (Å²) in [5, 5.41) is 13.6. The number of aromatic nitrogens is 4. The lowest BCUT2D eigenvalue weighted by Crippen LogP contribution is -2.55. The van der Waals surface area contributed by atoms with Gasteiger partial charge in [0.1, 0.15) is 17.2 Å². The van der Waals surface area contributed by atoms with Crippen molar-refractivity contribution in [1.82, 2.24) is 20.2 Å². The minimum Gasteiger partial charge on any atom is -0.364 e. The zero-order valence-corrected chi connectivity index (χ0v) is 11.8. The van der Waals surface area contributed by atoms with Gasteiger partial charge in [-0.3, -0.25) is 0 Å². The zero-order chi connectivity index (χ0) is 13.2. The van der Waals surface area contributed by atoms with Gasteiger partial charge in [0.25, 0.3) is 0 Å². The van der Waals surface area contributed by atoms with Gasteiger partial charge in [0.05, 0.1) is 6.04 Å². The molecule has 0 amide bonds. The van der Waals surface area contributed by atoms with Crippen molar-refractivity contribution in [3.63, 3.8) is 0 Å². The number of nitrogens with zero attached hydrogens (tertiary/aromatic N) is 5. The van der Waals surface area contributed by atoms with Crippen LogP contribution in [0.15, 0.2) is 12.4 Å². The van der Waals surface area contributed by atoms with Gasteiger partial charge >= 0.3 is 0 Å². The summed E-state index contributed by atoms with van der Waals surface area (Å²) in [6, 6.07) is 2.43. The average molecular weight is 276 g/mol. The highest BCUT2D eigenvalue weighted by Crippen LogP contribution is 2.25. The van der Waals surface area contributed by atoms with Gasteiger partial charge in [-0.1, -0.05) is 18.3 Å². The average Bonchev–Trinajstić information content (AvgIpc) is 2.80. The zero-order valence-electron chi connectivity index (χ0n) is 11.0. The highest BCUT2D eigenvalue weighted by molar-refractivity contribution is 7.15. The van der Waals surface area contributed by atoms with Gasteiger partial charge in [0.15, 0.2) is 0 Å². The molecule has 0 bridgehead atoms. The monoisotopic (exact) mass is 276 g/mol. The first-order chi connectivity index (χ1) is 9.24. The number of hydrogen-bond donors (Lipinski definition) is 1. The molecule has 0 atom stereocenters. The van der Waals surface area contributed by atoms with Gasteiger partial charge in [-0.15, -0.1) is 10.2 Å². The molecule has 0 aromatic carbocycles. The van der Waals surface area contributed by atoms with E-state index in [-0.39, 0.29) is 0 Å². The smallest absolute Gasteiger partial charge is 0.208 e. The highest BCUT2D eigenvalue weighted by atomic mass is 32.1. The first kappa shape index (κ1) is 12.3. The normalized spacial score (nSPS) is 15.4. The maximum atomic E-state index is 4.24. The lowest BCUT2D eigenvalue weighted by Gasteiger charge is -2.39. The van der Waals surface area contributed by atoms with Crippen LogP contribution in [-0.4, -0.2) is 39.3 Å². The highest BCUT2D eigenvalue weighted by Gasteiger charge is 2.29. The number of aryl methyl sites for hydroxylation is 2. The molecule has 7 heteroatoms. The summed E-state index contributed by atoms with van der Waals surface area (Å²) < 4.78 is 0. The maximum absolute atomic E-state index is 4.24. The summed E-state index contributed by atoms with van der Waals surface area (Å²) in [7, 11) is 0. The molecule has 2 aromatic rings. The molecule has 0 saturated carbocycles. The van der Waals surface area contributed by atoms with Crippen molar-refractivity contribution in [2.75, 3.05) is 23.3 Å². The second-order valence-electron chi connectivity index (χ2n) is 4.60. The molecule has 19 heavy (non-hydrogen) atoms. The summed E-state index contributed by atoms with van der Waals surface area (Å²) in [5.74, 6) is 0.907. The van der Waals surface area contributed by atoms with Crippen molar-refractivity contribution >= 4 is 22.3 Å². The predicted molar refractivity (Wildman–Crippen MR) is 75.7 cm³/mol. The van der Waals surface area contributed by atoms with E-state index in [4.69, 9.17) is 0 Å². The van der Waals surface area contributed by atoms with E-state index in [1.54, 1.807) is 17.7 Å². The van der Waals surface area contributed by atoms with Crippen LogP contribution in [0, 0.1) is 6.92 Å². The Labute approximate surface area is 115 Å². The third-order valence-corrected chi connectivity index (χ3v) is 4.00. The summed E-state index contributed by atoms with van der Waals surface area (Å²) >= 11 is 1.64. The van der Waals surface area contributed by atoms with E-state index in [9.17, 15) is 0 Å². The molecule has 0 aliphatic carbocycles. The number of nitrogens with one attached hydrogen (secondary N) is 1. The van der Waals surface area contributed by atoms with Crippen LogP contribution in [0.25, 0.3) is 0 Å². The molecule has 0 radical (unpaired) electrons. The van der Waals surface area contributed by atoms with Crippen LogP contribution in [0.4, 0.5) is 10.9 Å². The fourth-order valence-corrected chi connectivity index (χ4v) is 2.72. The Morgan fingerprint density at radius 2 is 2.21 bits per heavy atom. The predicted octanol–water partition coefficient (Wildman–Crippen LogP) is 1.50. The van der Waals surface area contributed by atoms with Gasteiger partial charge < -0.3 is 10.2 Å². The molecular weight excluding hydrogens is 260 g/mol. The molecule has 100 valence electrons. The van der Waals surface area contributed by atoms with Crippen molar-refractivity contribution in [2.24, 2.45) is 0 Å². The molecule has 2 aromatic heterocycles. The summed E-state index contributed by atoms with van der Waals surface area (Å²) in [6.07, 6.45) is 2.55. The molecular formula is C12H16N6S. The Morgan fingerprint density at radius 1 is 1.37 bits per heavy atom. The molecule has 6 nitrogen and oxygen atoms in total. The van der Waals surface area contributed by atoms with E-state index in [0.29, 0.717) is 6.04 Å². The van der Waals surface area contributed by atoms with E-state index in [1.807, 2.05) is 13.0 Å². The first-order valence-electron chi connectivity index (χ1n) is 6.37. The Morgan fingerprint density at radius 3 is 2.89 bits per heavy atom. The SMILES string of the molecule is CCc1cc(NC2CN(c3nnc(C)s3)C2)ncn1. The van der Waals surface area contributed by atoms with Crippen LogP contribution in [0.1, 0.15) is 17.6 Å². The van der Waals surface area contributed by atoms with Gasteiger partial charge in [-0.05, 0) is 13.3 Å². The maximum Gasteiger partial charge on any atom is 0.208 e. The molecule has 0 spiro atoms. The van der Waals surface area contributed by atoms with Crippen molar-refractivity contribution in [2.45, 2.75) is 26.3 Å². The minimum absolute atomic E-state index is 0.420. The van der Waals surface area contributed by atoms with Crippen LogP contribution < -0.4 is 10.2 Å². The largest absolute Gasteiger partial charge is 0.364 e. The van der Waals surface area contributed by atoms with E-state index >= 15 is 0 Å². The second-order valence-corrected chi connectivity index (χ2v) is 5.76. The topological polar surface area (TPSA) is 66.8 Å². The Kier molecular flexibility index (Phi) is 3.29. The Hall–Kier alpha value is -1.76. The van der Waals surface area contributed by atoms with Crippen molar-refractivity contribution in [3.8, 4) is 0 Å². The molecule has 1 fully saturated rings. The van der Waals surface area contributed by atoms with E-state index < -0.39 is 0 Å². The second kappa shape index (κ2) is 5.08. The number of anilines is 2. The van der Waals surface area contributed by atoms with Crippen molar-refractivity contribution < 1.29 is 0 Å². The lowest BCUT2D eigenvalue weighted by atomic mass is 10.1. The van der Waals surface area contributed by atoms with Crippen LogP contribution in [0.2, 0.25) is 0 Å². The van der Waals surface area contributed by atoms with E-state index in [1.165, 1.54) is 0 Å². The molecule has 1 N–H and O–H groups in total. The first-order valence-corrected chi connectivity index (χ1v) is 7.18. The summed E-state index contributed by atoms with van der Waals surface area (Å²) in [4.78, 5) is 10.7. The molecule has 0 unspecified atom stereocenters. The molecule has 1 aliphatic heterocycles. The fraction of sp³-hybridized carbons (Fsp3) is 0.500. The van der Waals surface area contributed by atoms with Gasteiger partial charge in [-0.25, -0.2) is 9.97 Å². The molecule has 1 saturated heterocycles. The van der Waals surface area contributed by atoms with Crippen LogP contribution in [0.5, 0.6) is 0 Å². The van der Waals surface area contributed by atoms with Gasteiger partial charge in [0, 0.05) is 24.8 Å². The van der Waals surface area contributed by atoms with Crippen LogP contribution >= 0.6 is 11.3 Å². The summed E-state index contributed by atoms with van der Waals surface area (Å²) in [6.45, 7) is 5.96. The Balaban J connectivity index is 1.56. The van der Waals surface area contributed by atoms with E-state index in [0.717, 1.165) is 41.2 Å². The lowest BCUT2D eigenvalue weighted by molar-refractivity contribution is 0.546.